The standard InChI is InChI=1S/C18H19ClN4O2/c1-10(14-9-23(4)21-11(14)2)20-18(24)16-12(3)25-22-17(16)13-7-5-6-8-15(13)19/h5-10H,1-4H3,(H,20,24)/t10-/m0/s1. The van der Waals surface area contributed by atoms with Gasteiger partial charge in [0.05, 0.1) is 16.8 Å². The van der Waals surface area contributed by atoms with E-state index >= 15 is 0 Å². The van der Waals surface area contributed by atoms with Crippen molar-refractivity contribution < 1.29 is 9.32 Å². The molecule has 0 spiro atoms. The summed E-state index contributed by atoms with van der Waals surface area (Å²) in [6.07, 6.45) is 1.90. The van der Waals surface area contributed by atoms with Gasteiger partial charge in [0.15, 0.2) is 0 Å². The van der Waals surface area contributed by atoms with Gasteiger partial charge in [-0.15, -0.1) is 0 Å². The molecule has 130 valence electrons. The molecule has 0 fully saturated rings. The van der Waals surface area contributed by atoms with Gasteiger partial charge >= 0.3 is 0 Å². The molecule has 0 aliphatic heterocycles. The number of aryl methyl sites for hydroxylation is 3. The molecule has 0 bridgehead atoms. The first-order valence-electron chi connectivity index (χ1n) is 7.90. The lowest BCUT2D eigenvalue weighted by atomic mass is 10.0. The van der Waals surface area contributed by atoms with Crippen LogP contribution in [0.4, 0.5) is 0 Å². The third kappa shape index (κ3) is 3.30. The summed E-state index contributed by atoms with van der Waals surface area (Å²) >= 11 is 6.25. The maximum absolute atomic E-state index is 12.9. The smallest absolute Gasteiger partial charge is 0.257 e. The van der Waals surface area contributed by atoms with Crippen LogP contribution in [0, 0.1) is 13.8 Å². The van der Waals surface area contributed by atoms with Gasteiger partial charge < -0.3 is 9.84 Å². The van der Waals surface area contributed by atoms with E-state index in [1.807, 2.05) is 45.3 Å². The number of carbonyl (C=O) groups excluding carboxylic acids is 1. The van der Waals surface area contributed by atoms with Gasteiger partial charge in [-0.3, -0.25) is 9.48 Å². The van der Waals surface area contributed by atoms with E-state index in [9.17, 15) is 4.79 Å². The van der Waals surface area contributed by atoms with Crippen LogP contribution in [0.5, 0.6) is 0 Å². The Hall–Kier alpha value is -2.60. The molecule has 0 saturated carbocycles. The minimum Gasteiger partial charge on any atom is -0.360 e. The van der Waals surface area contributed by atoms with Gasteiger partial charge in [-0.05, 0) is 26.8 Å². The Kier molecular flexibility index (Phi) is 4.63. The van der Waals surface area contributed by atoms with Crippen LogP contribution in [0.3, 0.4) is 0 Å². The van der Waals surface area contributed by atoms with Gasteiger partial charge in [0.2, 0.25) is 0 Å². The Balaban J connectivity index is 1.92. The zero-order valence-corrected chi connectivity index (χ0v) is 15.3. The number of benzene rings is 1. The molecule has 2 heterocycles. The van der Waals surface area contributed by atoms with Crippen molar-refractivity contribution in [2.45, 2.75) is 26.8 Å². The molecular weight excluding hydrogens is 340 g/mol. The minimum atomic E-state index is -0.260. The quantitative estimate of drug-likeness (QED) is 0.769. The first-order valence-corrected chi connectivity index (χ1v) is 8.28. The molecule has 25 heavy (non-hydrogen) atoms. The Morgan fingerprint density at radius 2 is 2.04 bits per heavy atom. The molecule has 6 nitrogen and oxygen atoms in total. The number of hydrogen-bond donors (Lipinski definition) is 1. The maximum Gasteiger partial charge on any atom is 0.257 e. The topological polar surface area (TPSA) is 73.0 Å². The fourth-order valence-electron chi connectivity index (χ4n) is 2.87. The molecule has 0 unspecified atom stereocenters. The highest BCUT2D eigenvalue weighted by Crippen LogP contribution is 2.31. The normalized spacial score (nSPS) is 12.2. The van der Waals surface area contributed by atoms with Crippen LogP contribution < -0.4 is 5.32 Å². The number of nitrogens with one attached hydrogen (secondary N) is 1. The van der Waals surface area contributed by atoms with Gasteiger partial charge in [-0.25, -0.2) is 0 Å². The average Bonchev–Trinajstić information content (AvgIpc) is 3.10. The molecule has 0 radical (unpaired) electrons. The summed E-state index contributed by atoms with van der Waals surface area (Å²) < 4.78 is 6.98. The third-order valence-corrected chi connectivity index (χ3v) is 4.41. The maximum atomic E-state index is 12.9. The number of rotatable bonds is 4. The lowest BCUT2D eigenvalue weighted by Gasteiger charge is -2.13. The molecule has 0 aliphatic rings. The van der Waals surface area contributed by atoms with Gasteiger partial charge in [-0.1, -0.05) is 35.0 Å². The molecule has 1 aromatic carbocycles. The summed E-state index contributed by atoms with van der Waals surface area (Å²) in [6.45, 7) is 5.54. The predicted molar refractivity (Wildman–Crippen MR) is 95.5 cm³/mol. The van der Waals surface area contributed by atoms with E-state index in [0.29, 0.717) is 27.6 Å². The number of halogens is 1. The van der Waals surface area contributed by atoms with Crippen molar-refractivity contribution in [3.8, 4) is 11.3 Å². The van der Waals surface area contributed by atoms with Gasteiger partial charge in [0.1, 0.15) is 17.0 Å². The summed E-state index contributed by atoms with van der Waals surface area (Å²) in [5, 5.41) is 11.8. The molecule has 0 aliphatic carbocycles. The van der Waals surface area contributed by atoms with Crippen LogP contribution in [0.1, 0.15) is 40.3 Å². The van der Waals surface area contributed by atoms with Crippen molar-refractivity contribution in [1.82, 2.24) is 20.3 Å². The first-order chi connectivity index (χ1) is 11.9. The summed E-state index contributed by atoms with van der Waals surface area (Å²) in [5.41, 5.74) is 3.33. The second-order valence-electron chi connectivity index (χ2n) is 5.98. The molecule has 0 saturated heterocycles. The monoisotopic (exact) mass is 358 g/mol. The Morgan fingerprint density at radius 1 is 1.32 bits per heavy atom. The average molecular weight is 359 g/mol. The lowest BCUT2D eigenvalue weighted by Crippen LogP contribution is -2.27. The number of amides is 1. The lowest BCUT2D eigenvalue weighted by molar-refractivity contribution is 0.0939. The summed E-state index contributed by atoms with van der Waals surface area (Å²) in [4.78, 5) is 12.9. The van der Waals surface area contributed by atoms with Gasteiger partial charge in [0.25, 0.3) is 5.91 Å². The highest BCUT2D eigenvalue weighted by Gasteiger charge is 2.25. The van der Waals surface area contributed by atoms with Gasteiger partial charge in [0, 0.05) is 24.4 Å². The van der Waals surface area contributed by atoms with E-state index in [-0.39, 0.29) is 11.9 Å². The van der Waals surface area contributed by atoms with Crippen molar-refractivity contribution in [3.05, 3.63) is 58.1 Å². The molecule has 7 heteroatoms. The van der Waals surface area contributed by atoms with Crippen molar-refractivity contribution in [3.63, 3.8) is 0 Å². The fraction of sp³-hybridized carbons (Fsp3) is 0.278. The van der Waals surface area contributed by atoms with E-state index in [0.717, 1.165) is 11.3 Å². The Labute approximate surface area is 150 Å². The van der Waals surface area contributed by atoms with Crippen LogP contribution in [-0.4, -0.2) is 20.8 Å². The molecule has 1 N–H and O–H groups in total. The highest BCUT2D eigenvalue weighted by molar-refractivity contribution is 6.33. The second kappa shape index (κ2) is 6.72. The summed E-state index contributed by atoms with van der Waals surface area (Å²) in [7, 11) is 1.85. The van der Waals surface area contributed by atoms with E-state index in [4.69, 9.17) is 16.1 Å². The molecule has 1 amide bonds. The first kappa shape index (κ1) is 17.2. The van der Waals surface area contributed by atoms with Crippen LogP contribution >= 0.6 is 11.6 Å². The van der Waals surface area contributed by atoms with Crippen molar-refractivity contribution in [1.29, 1.82) is 0 Å². The second-order valence-corrected chi connectivity index (χ2v) is 6.39. The number of carbonyl (C=O) groups is 1. The number of aromatic nitrogens is 3. The van der Waals surface area contributed by atoms with E-state index < -0.39 is 0 Å². The number of hydrogen-bond acceptors (Lipinski definition) is 4. The van der Waals surface area contributed by atoms with Crippen LogP contribution in [0.2, 0.25) is 5.02 Å². The van der Waals surface area contributed by atoms with E-state index in [1.165, 1.54) is 0 Å². The zero-order valence-electron chi connectivity index (χ0n) is 14.5. The Morgan fingerprint density at radius 3 is 2.68 bits per heavy atom. The fourth-order valence-corrected chi connectivity index (χ4v) is 3.09. The molecule has 2 aromatic heterocycles. The number of nitrogens with zero attached hydrogens (tertiary/aromatic N) is 3. The van der Waals surface area contributed by atoms with Crippen molar-refractivity contribution in [2.24, 2.45) is 7.05 Å². The predicted octanol–water partition coefficient (Wildman–Crippen LogP) is 3.84. The van der Waals surface area contributed by atoms with E-state index in [1.54, 1.807) is 17.7 Å². The van der Waals surface area contributed by atoms with Gasteiger partial charge in [-0.2, -0.15) is 5.10 Å². The largest absolute Gasteiger partial charge is 0.360 e. The molecule has 3 rings (SSSR count). The third-order valence-electron chi connectivity index (χ3n) is 4.08. The van der Waals surface area contributed by atoms with Crippen LogP contribution in [0.25, 0.3) is 11.3 Å². The summed E-state index contributed by atoms with van der Waals surface area (Å²) in [5.74, 6) is 0.187. The van der Waals surface area contributed by atoms with E-state index in [2.05, 4.69) is 15.6 Å². The van der Waals surface area contributed by atoms with Crippen LogP contribution in [0.15, 0.2) is 35.0 Å². The van der Waals surface area contributed by atoms with Crippen LogP contribution in [-0.2, 0) is 7.05 Å². The molecular formula is C18H19ClN4O2. The summed E-state index contributed by atoms with van der Waals surface area (Å²) in [6, 6.07) is 7.03. The zero-order chi connectivity index (χ0) is 18.1. The van der Waals surface area contributed by atoms with Crippen molar-refractivity contribution in [2.75, 3.05) is 0 Å². The van der Waals surface area contributed by atoms with Crippen molar-refractivity contribution >= 4 is 17.5 Å². The Bertz CT molecular complexity index is 929. The highest BCUT2D eigenvalue weighted by atomic mass is 35.5. The minimum absolute atomic E-state index is 0.199. The molecule has 3 aromatic rings. The molecule has 1 atom stereocenters. The SMILES string of the molecule is Cc1nn(C)cc1[C@H](C)NC(=O)c1c(-c2ccccc2Cl)noc1C.